The Kier molecular flexibility index (Phi) is 2.96. The van der Waals surface area contributed by atoms with E-state index in [0.29, 0.717) is 11.4 Å². The monoisotopic (exact) mass is 193 g/mol. The summed E-state index contributed by atoms with van der Waals surface area (Å²) >= 11 is 0. The number of carboxylic acid groups (broad SMARTS) is 1. The van der Waals surface area contributed by atoms with Gasteiger partial charge in [-0.1, -0.05) is 0 Å². The van der Waals surface area contributed by atoms with Gasteiger partial charge >= 0.3 is 5.97 Å². The van der Waals surface area contributed by atoms with E-state index in [9.17, 15) is 4.79 Å². The lowest BCUT2D eigenvalue weighted by Crippen LogP contribution is -2.03. The topological polar surface area (TPSA) is 101 Å². The van der Waals surface area contributed by atoms with Crippen molar-refractivity contribution >= 4 is 17.3 Å². The molecule has 1 rings (SSSR count). The second-order valence-electron chi connectivity index (χ2n) is 2.61. The largest absolute Gasteiger partial charge is 0.478 e. The molecule has 74 valence electrons. The number of carbonyl (C=O) groups is 1. The number of aromatic carboxylic acids is 1. The molecule has 5 nitrogen and oxygen atoms in total. The van der Waals surface area contributed by atoms with E-state index >= 15 is 0 Å². The lowest BCUT2D eigenvalue weighted by Gasteiger charge is -2.05. The first-order chi connectivity index (χ1) is 6.65. The van der Waals surface area contributed by atoms with E-state index in [1.54, 1.807) is 12.1 Å². The van der Waals surface area contributed by atoms with Crippen molar-refractivity contribution in [3.05, 3.63) is 36.2 Å². The van der Waals surface area contributed by atoms with Crippen LogP contribution in [0.25, 0.3) is 0 Å². The molecule has 0 amide bonds. The molecule has 0 saturated heterocycles. The molecule has 0 heterocycles. The van der Waals surface area contributed by atoms with Gasteiger partial charge in [-0.25, -0.2) is 4.79 Å². The Bertz CT molecular complexity index is 374. The van der Waals surface area contributed by atoms with Gasteiger partial charge in [-0.05, 0) is 18.2 Å². The van der Waals surface area contributed by atoms with Crippen molar-refractivity contribution in [1.82, 2.24) is 0 Å². The van der Waals surface area contributed by atoms with Gasteiger partial charge in [0.25, 0.3) is 0 Å². The van der Waals surface area contributed by atoms with Gasteiger partial charge in [0.05, 0.1) is 11.3 Å². The Morgan fingerprint density at radius 3 is 2.79 bits per heavy atom. The minimum absolute atomic E-state index is 0.114. The summed E-state index contributed by atoms with van der Waals surface area (Å²) in [6.07, 6.45) is 2.72. The SMILES string of the molecule is N/C=C/Nc1ccc(N)cc1C(=O)O. The predicted octanol–water partition coefficient (Wildman–Crippen LogP) is 0.809. The number of rotatable bonds is 3. The zero-order chi connectivity index (χ0) is 10.6. The maximum atomic E-state index is 10.8. The average Bonchev–Trinajstić information content (AvgIpc) is 2.15. The van der Waals surface area contributed by atoms with E-state index in [2.05, 4.69) is 5.32 Å². The smallest absolute Gasteiger partial charge is 0.337 e. The van der Waals surface area contributed by atoms with E-state index in [4.69, 9.17) is 16.6 Å². The van der Waals surface area contributed by atoms with Crippen molar-refractivity contribution in [3.8, 4) is 0 Å². The maximum absolute atomic E-state index is 10.8. The number of nitrogens with two attached hydrogens (primary N) is 2. The molecular formula is C9H11N3O2. The molecule has 0 fully saturated rings. The van der Waals surface area contributed by atoms with E-state index in [0.717, 1.165) is 0 Å². The first kappa shape index (κ1) is 9.91. The Morgan fingerprint density at radius 1 is 1.50 bits per heavy atom. The molecule has 5 heteroatoms. The van der Waals surface area contributed by atoms with Crippen molar-refractivity contribution in [2.24, 2.45) is 5.73 Å². The number of nitrogen functional groups attached to an aromatic ring is 1. The summed E-state index contributed by atoms with van der Waals surface area (Å²) in [5.41, 5.74) is 11.6. The van der Waals surface area contributed by atoms with Gasteiger partial charge in [-0.15, -0.1) is 0 Å². The van der Waals surface area contributed by atoms with Crippen LogP contribution in [0.5, 0.6) is 0 Å². The summed E-state index contributed by atoms with van der Waals surface area (Å²) in [6, 6.07) is 4.58. The van der Waals surface area contributed by atoms with E-state index in [1.807, 2.05) is 0 Å². The van der Waals surface area contributed by atoms with Crippen molar-refractivity contribution in [2.75, 3.05) is 11.1 Å². The van der Waals surface area contributed by atoms with E-state index in [1.165, 1.54) is 18.5 Å². The fourth-order valence-corrected chi connectivity index (χ4v) is 1.00. The lowest BCUT2D eigenvalue weighted by molar-refractivity contribution is 0.0698. The Morgan fingerprint density at radius 2 is 2.21 bits per heavy atom. The van der Waals surface area contributed by atoms with Crippen molar-refractivity contribution in [2.45, 2.75) is 0 Å². The third-order valence-corrected chi connectivity index (χ3v) is 1.61. The van der Waals surface area contributed by atoms with Gasteiger partial charge in [0, 0.05) is 18.1 Å². The van der Waals surface area contributed by atoms with Crippen LogP contribution in [0.4, 0.5) is 11.4 Å². The number of nitrogens with one attached hydrogen (secondary N) is 1. The zero-order valence-electron chi connectivity index (χ0n) is 7.40. The van der Waals surface area contributed by atoms with Crippen molar-refractivity contribution in [1.29, 1.82) is 0 Å². The van der Waals surface area contributed by atoms with Crippen LogP contribution in [0.2, 0.25) is 0 Å². The molecule has 0 aliphatic rings. The second kappa shape index (κ2) is 4.18. The molecule has 14 heavy (non-hydrogen) atoms. The van der Waals surface area contributed by atoms with Gasteiger partial charge in [-0.2, -0.15) is 0 Å². The molecule has 0 unspecified atom stereocenters. The van der Waals surface area contributed by atoms with Crippen LogP contribution in [-0.2, 0) is 0 Å². The minimum Gasteiger partial charge on any atom is -0.478 e. The summed E-state index contributed by atoms with van der Waals surface area (Å²) in [5, 5.41) is 11.6. The molecule has 0 bridgehead atoms. The quantitative estimate of drug-likeness (QED) is 0.532. The lowest BCUT2D eigenvalue weighted by atomic mass is 10.1. The molecule has 0 radical (unpaired) electrons. The molecule has 0 aliphatic carbocycles. The highest BCUT2D eigenvalue weighted by Gasteiger charge is 2.08. The van der Waals surface area contributed by atoms with Crippen LogP contribution in [0.3, 0.4) is 0 Å². The molecular weight excluding hydrogens is 182 g/mol. The van der Waals surface area contributed by atoms with Crippen LogP contribution >= 0.6 is 0 Å². The Balaban J connectivity index is 3.08. The molecule has 0 aliphatic heterocycles. The highest BCUT2D eigenvalue weighted by atomic mass is 16.4. The van der Waals surface area contributed by atoms with Gasteiger partial charge in [0.15, 0.2) is 0 Å². The van der Waals surface area contributed by atoms with Gasteiger partial charge < -0.3 is 21.9 Å². The normalized spacial score (nSPS) is 10.3. The molecule has 0 spiro atoms. The van der Waals surface area contributed by atoms with Crippen molar-refractivity contribution < 1.29 is 9.90 Å². The van der Waals surface area contributed by atoms with E-state index in [-0.39, 0.29) is 5.56 Å². The standard InChI is InChI=1S/C9H11N3O2/c10-3-4-12-8-2-1-6(11)5-7(8)9(13)14/h1-5,12H,10-11H2,(H,13,14)/b4-3+. The minimum atomic E-state index is -1.04. The summed E-state index contributed by atoms with van der Waals surface area (Å²) < 4.78 is 0. The van der Waals surface area contributed by atoms with Crippen LogP contribution in [0, 0.1) is 0 Å². The Hall–Kier alpha value is -2.17. The molecule has 1 aromatic rings. The highest BCUT2D eigenvalue weighted by Crippen LogP contribution is 2.18. The van der Waals surface area contributed by atoms with E-state index < -0.39 is 5.97 Å². The molecule has 0 atom stereocenters. The van der Waals surface area contributed by atoms with Gasteiger partial charge in [-0.3, -0.25) is 0 Å². The first-order valence-electron chi connectivity index (χ1n) is 3.91. The molecule has 1 aromatic carbocycles. The van der Waals surface area contributed by atoms with Crippen molar-refractivity contribution in [3.63, 3.8) is 0 Å². The number of hydrogen-bond donors (Lipinski definition) is 4. The number of carboxylic acids is 1. The van der Waals surface area contributed by atoms with Gasteiger partial charge in [0.2, 0.25) is 0 Å². The molecule has 0 aromatic heterocycles. The summed E-state index contributed by atoms with van der Waals surface area (Å²) in [4.78, 5) is 10.8. The number of anilines is 2. The summed E-state index contributed by atoms with van der Waals surface area (Å²) in [6.45, 7) is 0. The van der Waals surface area contributed by atoms with Crippen LogP contribution < -0.4 is 16.8 Å². The second-order valence-corrected chi connectivity index (χ2v) is 2.61. The number of hydrogen-bond acceptors (Lipinski definition) is 4. The third kappa shape index (κ3) is 2.16. The maximum Gasteiger partial charge on any atom is 0.337 e. The van der Waals surface area contributed by atoms with Crippen LogP contribution in [0.1, 0.15) is 10.4 Å². The van der Waals surface area contributed by atoms with Crippen LogP contribution in [-0.4, -0.2) is 11.1 Å². The fraction of sp³-hybridized carbons (Fsp3) is 0. The van der Waals surface area contributed by atoms with Gasteiger partial charge in [0.1, 0.15) is 0 Å². The third-order valence-electron chi connectivity index (χ3n) is 1.61. The average molecular weight is 193 g/mol. The summed E-state index contributed by atoms with van der Waals surface area (Å²) in [7, 11) is 0. The fourth-order valence-electron chi connectivity index (χ4n) is 1.00. The predicted molar refractivity (Wildman–Crippen MR) is 54.8 cm³/mol. The number of benzene rings is 1. The van der Waals surface area contributed by atoms with Crippen LogP contribution in [0.15, 0.2) is 30.6 Å². The Labute approximate surface area is 81.0 Å². The molecule has 0 saturated carbocycles. The highest BCUT2D eigenvalue weighted by molar-refractivity contribution is 5.95. The zero-order valence-corrected chi connectivity index (χ0v) is 7.40. The molecule has 6 N–H and O–H groups in total. The summed E-state index contributed by atoms with van der Waals surface area (Å²) in [5.74, 6) is -1.04. The first-order valence-corrected chi connectivity index (χ1v) is 3.91.